The molecular formula is C14H21Cl2N. The van der Waals surface area contributed by atoms with E-state index >= 15 is 0 Å². The van der Waals surface area contributed by atoms with Gasteiger partial charge in [-0.2, -0.15) is 0 Å². The lowest BCUT2D eigenvalue weighted by Gasteiger charge is -2.22. The van der Waals surface area contributed by atoms with Gasteiger partial charge in [0.25, 0.3) is 0 Å². The molecule has 0 fully saturated rings. The number of halogens is 2. The molecular weight excluding hydrogens is 253 g/mol. The van der Waals surface area contributed by atoms with Gasteiger partial charge in [-0.15, -0.1) is 0 Å². The van der Waals surface area contributed by atoms with Crippen molar-refractivity contribution in [2.75, 3.05) is 5.32 Å². The Morgan fingerprint density at radius 3 is 2.47 bits per heavy atom. The molecule has 0 aromatic heterocycles. The molecule has 96 valence electrons. The van der Waals surface area contributed by atoms with Gasteiger partial charge in [-0.3, -0.25) is 0 Å². The topological polar surface area (TPSA) is 12.0 Å². The lowest BCUT2D eigenvalue weighted by molar-refractivity contribution is 0.357. The van der Waals surface area contributed by atoms with E-state index in [4.69, 9.17) is 23.2 Å². The standard InChI is InChI=1S/C14H21Cl2N/c1-10(8-9-14(2,3)4)17-12-7-5-6-11(15)13(12)16/h5-7,10,17H,8-9H2,1-4H3. The molecule has 1 nitrogen and oxygen atoms in total. The Morgan fingerprint density at radius 2 is 1.88 bits per heavy atom. The summed E-state index contributed by atoms with van der Waals surface area (Å²) in [5, 5.41) is 4.61. The molecule has 0 aliphatic heterocycles. The average molecular weight is 274 g/mol. The third-order valence-electron chi connectivity index (χ3n) is 2.68. The largest absolute Gasteiger partial charge is 0.381 e. The molecule has 1 aromatic rings. The van der Waals surface area contributed by atoms with Crippen LogP contribution in [-0.4, -0.2) is 6.04 Å². The maximum Gasteiger partial charge on any atom is 0.0823 e. The molecule has 1 N–H and O–H groups in total. The minimum atomic E-state index is 0.369. The van der Waals surface area contributed by atoms with Crippen molar-refractivity contribution in [3.63, 3.8) is 0 Å². The SMILES string of the molecule is CC(CCC(C)(C)C)Nc1cccc(Cl)c1Cl. The first kappa shape index (κ1) is 14.7. The van der Waals surface area contributed by atoms with Crippen LogP contribution in [0.15, 0.2) is 18.2 Å². The highest BCUT2D eigenvalue weighted by Crippen LogP contribution is 2.31. The van der Waals surface area contributed by atoms with Gasteiger partial charge >= 0.3 is 0 Å². The summed E-state index contributed by atoms with van der Waals surface area (Å²) in [6, 6.07) is 6.06. The van der Waals surface area contributed by atoms with Crippen LogP contribution < -0.4 is 5.32 Å². The summed E-state index contributed by atoms with van der Waals surface area (Å²) >= 11 is 12.1. The van der Waals surface area contributed by atoms with Crippen molar-refractivity contribution in [3.05, 3.63) is 28.2 Å². The van der Waals surface area contributed by atoms with Crippen molar-refractivity contribution in [1.82, 2.24) is 0 Å². The van der Waals surface area contributed by atoms with Gasteiger partial charge in [-0.25, -0.2) is 0 Å². The molecule has 1 atom stereocenters. The first-order valence-corrected chi connectivity index (χ1v) is 6.76. The van der Waals surface area contributed by atoms with Gasteiger partial charge in [-0.1, -0.05) is 50.0 Å². The maximum absolute atomic E-state index is 6.13. The smallest absolute Gasteiger partial charge is 0.0823 e. The highest BCUT2D eigenvalue weighted by Gasteiger charge is 2.13. The van der Waals surface area contributed by atoms with E-state index in [2.05, 4.69) is 33.0 Å². The van der Waals surface area contributed by atoms with Gasteiger partial charge < -0.3 is 5.32 Å². The van der Waals surface area contributed by atoms with Crippen molar-refractivity contribution in [2.24, 2.45) is 5.41 Å². The van der Waals surface area contributed by atoms with Crippen molar-refractivity contribution in [2.45, 2.75) is 46.6 Å². The molecule has 0 heterocycles. The quantitative estimate of drug-likeness (QED) is 0.751. The summed E-state index contributed by atoms with van der Waals surface area (Å²) in [7, 11) is 0. The Bertz CT molecular complexity index is 369. The minimum absolute atomic E-state index is 0.369. The molecule has 17 heavy (non-hydrogen) atoms. The van der Waals surface area contributed by atoms with E-state index in [1.807, 2.05) is 12.1 Å². The summed E-state index contributed by atoms with van der Waals surface area (Å²) in [4.78, 5) is 0. The maximum atomic E-state index is 6.13. The van der Waals surface area contributed by atoms with E-state index in [0.717, 1.165) is 12.1 Å². The van der Waals surface area contributed by atoms with Crippen LogP contribution in [0.1, 0.15) is 40.5 Å². The first-order valence-electron chi connectivity index (χ1n) is 6.00. The molecule has 1 unspecified atom stereocenters. The van der Waals surface area contributed by atoms with E-state index in [9.17, 15) is 0 Å². The van der Waals surface area contributed by atoms with Crippen LogP contribution in [0.25, 0.3) is 0 Å². The molecule has 0 radical (unpaired) electrons. The molecule has 0 aliphatic carbocycles. The lowest BCUT2D eigenvalue weighted by atomic mass is 9.89. The van der Waals surface area contributed by atoms with Crippen LogP contribution in [0.2, 0.25) is 10.0 Å². The molecule has 0 saturated heterocycles. The molecule has 0 bridgehead atoms. The second kappa shape index (κ2) is 5.97. The van der Waals surface area contributed by atoms with Gasteiger partial charge in [0, 0.05) is 6.04 Å². The molecule has 3 heteroatoms. The second-order valence-electron chi connectivity index (χ2n) is 5.75. The fourth-order valence-corrected chi connectivity index (χ4v) is 1.96. The highest BCUT2D eigenvalue weighted by atomic mass is 35.5. The Morgan fingerprint density at radius 1 is 1.24 bits per heavy atom. The Kier molecular flexibility index (Phi) is 5.15. The summed E-state index contributed by atoms with van der Waals surface area (Å²) < 4.78 is 0. The van der Waals surface area contributed by atoms with Crippen molar-refractivity contribution < 1.29 is 0 Å². The van der Waals surface area contributed by atoms with Gasteiger partial charge in [0.1, 0.15) is 0 Å². The fraction of sp³-hybridized carbons (Fsp3) is 0.571. The molecule has 0 aliphatic rings. The zero-order valence-corrected chi connectivity index (χ0v) is 12.5. The zero-order valence-electron chi connectivity index (χ0n) is 11.0. The van der Waals surface area contributed by atoms with Gasteiger partial charge in [-0.05, 0) is 37.3 Å². The number of benzene rings is 1. The Hall–Kier alpha value is -0.400. The minimum Gasteiger partial charge on any atom is -0.381 e. The summed E-state index contributed by atoms with van der Waals surface area (Å²) in [6.45, 7) is 8.94. The monoisotopic (exact) mass is 273 g/mol. The molecule has 1 aromatic carbocycles. The number of nitrogens with one attached hydrogen (secondary N) is 1. The predicted molar refractivity (Wildman–Crippen MR) is 78.2 cm³/mol. The van der Waals surface area contributed by atoms with Crippen LogP contribution in [-0.2, 0) is 0 Å². The van der Waals surface area contributed by atoms with Crippen molar-refractivity contribution in [1.29, 1.82) is 0 Å². The van der Waals surface area contributed by atoms with Crippen LogP contribution in [0.4, 0.5) is 5.69 Å². The van der Waals surface area contributed by atoms with Gasteiger partial charge in [0.15, 0.2) is 0 Å². The van der Waals surface area contributed by atoms with Gasteiger partial charge in [0.2, 0.25) is 0 Å². The van der Waals surface area contributed by atoms with E-state index in [1.54, 1.807) is 6.07 Å². The van der Waals surface area contributed by atoms with E-state index in [-0.39, 0.29) is 0 Å². The predicted octanol–water partition coefficient (Wildman–Crippen LogP) is 5.62. The highest BCUT2D eigenvalue weighted by molar-refractivity contribution is 6.43. The van der Waals surface area contributed by atoms with Crippen LogP contribution in [0, 0.1) is 5.41 Å². The van der Waals surface area contributed by atoms with Crippen molar-refractivity contribution in [3.8, 4) is 0 Å². The lowest BCUT2D eigenvalue weighted by Crippen LogP contribution is -2.18. The Labute approximate surface area is 115 Å². The number of hydrogen-bond acceptors (Lipinski definition) is 1. The molecule has 0 saturated carbocycles. The third kappa shape index (κ3) is 5.18. The molecule has 0 amide bonds. The first-order chi connectivity index (χ1) is 7.79. The van der Waals surface area contributed by atoms with Crippen LogP contribution in [0.5, 0.6) is 0 Å². The fourth-order valence-electron chi connectivity index (χ4n) is 1.60. The molecule has 1 rings (SSSR count). The van der Waals surface area contributed by atoms with Gasteiger partial charge in [0.05, 0.1) is 15.7 Å². The average Bonchev–Trinajstić information content (AvgIpc) is 2.21. The van der Waals surface area contributed by atoms with E-state index in [1.165, 1.54) is 6.42 Å². The van der Waals surface area contributed by atoms with E-state index < -0.39 is 0 Å². The number of anilines is 1. The summed E-state index contributed by atoms with van der Waals surface area (Å²) in [5.74, 6) is 0. The summed E-state index contributed by atoms with van der Waals surface area (Å²) in [5.41, 5.74) is 1.29. The van der Waals surface area contributed by atoms with E-state index in [0.29, 0.717) is 21.5 Å². The molecule has 0 spiro atoms. The number of rotatable bonds is 4. The van der Waals surface area contributed by atoms with Crippen LogP contribution in [0.3, 0.4) is 0 Å². The zero-order chi connectivity index (χ0) is 13.1. The normalized spacial score (nSPS) is 13.5. The summed E-state index contributed by atoms with van der Waals surface area (Å²) in [6.07, 6.45) is 2.30. The second-order valence-corrected chi connectivity index (χ2v) is 6.53. The van der Waals surface area contributed by atoms with Crippen molar-refractivity contribution >= 4 is 28.9 Å². The van der Waals surface area contributed by atoms with Crippen LogP contribution >= 0.6 is 23.2 Å². The Balaban J connectivity index is 2.56. The number of hydrogen-bond donors (Lipinski definition) is 1. The third-order valence-corrected chi connectivity index (χ3v) is 3.50.